The van der Waals surface area contributed by atoms with E-state index < -0.39 is 0 Å². The van der Waals surface area contributed by atoms with Crippen molar-refractivity contribution in [1.82, 2.24) is 4.90 Å². The molecule has 0 unspecified atom stereocenters. The van der Waals surface area contributed by atoms with Crippen LogP contribution in [-0.2, 0) is 11.2 Å². The smallest absolute Gasteiger partial charge is 0.236 e. The summed E-state index contributed by atoms with van der Waals surface area (Å²) in [5.41, 5.74) is 6.37. The molecule has 1 rings (SSSR count). The lowest BCUT2D eigenvalue weighted by Crippen LogP contribution is -2.34. The predicted octanol–water partition coefficient (Wildman–Crippen LogP) is 1.42. The van der Waals surface area contributed by atoms with Crippen LogP contribution in [0.3, 0.4) is 0 Å². The monoisotopic (exact) mass is 300 g/mol. The standard InChI is InChI=1S/C12H17BrN2O2/c1-15(12(16)8-14)6-5-9-7-10(13)3-4-11(9)17-2/h3-4,7H,5-6,8,14H2,1-2H3. The first-order valence-corrected chi connectivity index (χ1v) is 6.14. The van der Waals surface area contributed by atoms with Gasteiger partial charge in [-0.3, -0.25) is 4.79 Å². The third kappa shape index (κ3) is 4.02. The summed E-state index contributed by atoms with van der Waals surface area (Å²) in [4.78, 5) is 12.9. The number of methoxy groups -OCH3 is 1. The van der Waals surface area contributed by atoms with Gasteiger partial charge in [0.05, 0.1) is 13.7 Å². The lowest BCUT2D eigenvalue weighted by molar-refractivity contribution is -0.128. The number of nitrogens with zero attached hydrogens (tertiary/aromatic N) is 1. The normalized spacial score (nSPS) is 10.1. The summed E-state index contributed by atoms with van der Waals surface area (Å²) < 4.78 is 6.27. The molecule has 5 heteroatoms. The highest BCUT2D eigenvalue weighted by Gasteiger charge is 2.08. The van der Waals surface area contributed by atoms with Crippen LogP contribution in [0.2, 0.25) is 0 Å². The zero-order valence-electron chi connectivity index (χ0n) is 10.1. The van der Waals surface area contributed by atoms with Crippen molar-refractivity contribution in [1.29, 1.82) is 0 Å². The highest BCUT2D eigenvalue weighted by Crippen LogP contribution is 2.23. The summed E-state index contributed by atoms with van der Waals surface area (Å²) in [6.45, 7) is 0.676. The van der Waals surface area contributed by atoms with Crippen LogP contribution in [0.1, 0.15) is 5.56 Å². The molecule has 17 heavy (non-hydrogen) atoms. The van der Waals surface area contributed by atoms with Gasteiger partial charge in [-0.15, -0.1) is 0 Å². The Kier molecular flexibility index (Phi) is 5.44. The summed E-state index contributed by atoms with van der Waals surface area (Å²) in [5, 5.41) is 0. The number of hydrogen-bond donors (Lipinski definition) is 1. The molecule has 0 bridgehead atoms. The van der Waals surface area contributed by atoms with Crippen molar-refractivity contribution in [2.75, 3.05) is 27.2 Å². The number of carbonyl (C=O) groups is 1. The van der Waals surface area contributed by atoms with E-state index in [9.17, 15) is 4.79 Å². The van der Waals surface area contributed by atoms with Gasteiger partial charge in [-0.05, 0) is 30.2 Å². The topological polar surface area (TPSA) is 55.6 Å². The second kappa shape index (κ2) is 6.61. The zero-order chi connectivity index (χ0) is 12.8. The molecule has 0 fully saturated rings. The van der Waals surface area contributed by atoms with Crippen LogP contribution in [0.5, 0.6) is 5.75 Å². The molecule has 0 saturated heterocycles. The Balaban J connectivity index is 2.68. The minimum atomic E-state index is -0.0565. The molecule has 0 heterocycles. The van der Waals surface area contributed by atoms with Gasteiger partial charge >= 0.3 is 0 Å². The fourth-order valence-corrected chi connectivity index (χ4v) is 1.92. The van der Waals surface area contributed by atoms with Crippen molar-refractivity contribution < 1.29 is 9.53 Å². The Morgan fingerprint density at radius 1 is 1.53 bits per heavy atom. The molecule has 2 N–H and O–H groups in total. The Morgan fingerprint density at radius 2 is 2.24 bits per heavy atom. The molecular weight excluding hydrogens is 284 g/mol. The van der Waals surface area contributed by atoms with E-state index in [2.05, 4.69) is 15.9 Å². The third-order valence-corrected chi connectivity index (χ3v) is 3.05. The summed E-state index contributed by atoms with van der Waals surface area (Å²) in [7, 11) is 3.39. The molecule has 0 aliphatic rings. The van der Waals surface area contributed by atoms with Crippen molar-refractivity contribution in [3.63, 3.8) is 0 Å². The van der Waals surface area contributed by atoms with Crippen molar-refractivity contribution in [2.24, 2.45) is 5.73 Å². The van der Waals surface area contributed by atoms with E-state index in [0.29, 0.717) is 6.54 Å². The first-order valence-electron chi connectivity index (χ1n) is 5.35. The number of hydrogen-bond acceptors (Lipinski definition) is 3. The SMILES string of the molecule is COc1ccc(Br)cc1CCN(C)C(=O)CN. The van der Waals surface area contributed by atoms with Crippen LogP contribution >= 0.6 is 15.9 Å². The van der Waals surface area contributed by atoms with E-state index in [1.807, 2.05) is 18.2 Å². The van der Waals surface area contributed by atoms with E-state index in [4.69, 9.17) is 10.5 Å². The molecule has 0 atom stereocenters. The Labute approximate surface area is 110 Å². The lowest BCUT2D eigenvalue weighted by Gasteiger charge is -2.17. The second-order valence-electron chi connectivity index (χ2n) is 3.73. The quantitative estimate of drug-likeness (QED) is 0.895. The Hall–Kier alpha value is -1.07. The van der Waals surface area contributed by atoms with Crippen LogP contribution in [0.15, 0.2) is 22.7 Å². The molecule has 1 aromatic carbocycles. The molecule has 1 aromatic rings. The van der Waals surface area contributed by atoms with E-state index in [-0.39, 0.29) is 12.5 Å². The number of rotatable bonds is 5. The fraction of sp³-hybridized carbons (Fsp3) is 0.417. The van der Waals surface area contributed by atoms with E-state index >= 15 is 0 Å². The summed E-state index contributed by atoms with van der Waals surface area (Å²) in [5.74, 6) is 0.778. The summed E-state index contributed by atoms with van der Waals surface area (Å²) in [6, 6.07) is 5.83. The molecule has 0 aliphatic carbocycles. The minimum Gasteiger partial charge on any atom is -0.496 e. The first kappa shape index (κ1) is 14.0. The maximum Gasteiger partial charge on any atom is 0.236 e. The van der Waals surface area contributed by atoms with Crippen LogP contribution < -0.4 is 10.5 Å². The maximum atomic E-state index is 11.3. The van der Waals surface area contributed by atoms with Gasteiger partial charge in [0.15, 0.2) is 0 Å². The number of amides is 1. The molecule has 1 amide bonds. The maximum absolute atomic E-state index is 11.3. The van der Waals surface area contributed by atoms with Crippen LogP contribution in [0, 0.1) is 0 Å². The van der Waals surface area contributed by atoms with Gasteiger partial charge < -0.3 is 15.4 Å². The fourth-order valence-electron chi connectivity index (χ4n) is 1.51. The van der Waals surface area contributed by atoms with Gasteiger partial charge in [0.2, 0.25) is 5.91 Å². The second-order valence-corrected chi connectivity index (χ2v) is 4.64. The highest BCUT2D eigenvalue weighted by molar-refractivity contribution is 9.10. The zero-order valence-corrected chi connectivity index (χ0v) is 11.7. The van der Waals surface area contributed by atoms with Gasteiger partial charge in [0, 0.05) is 18.1 Å². The summed E-state index contributed by atoms with van der Waals surface area (Å²) in [6.07, 6.45) is 0.741. The minimum absolute atomic E-state index is 0.0477. The molecule has 0 aromatic heterocycles. The van der Waals surface area contributed by atoms with Crippen molar-refractivity contribution in [3.05, 3.63) is 28.2 Å². The molecule has 4 nitrogen and oxygen atoms in total. The number of carbonyl (C=O) groups excluding carboxylic acids is 1. The average Bonchev–Trinajstić information content (AvgIpc) is 2.35. The molecule has 94 valence electrons. The highest BCUT2D eigenvalue weighted by atomic mass is 79.9. The number of benzene rings is 1. The number of ether oxygens (including phenoxy) is 1. The number of likely N-dealkylation sites (N-methyl/N-ethyl adjacent to an activating group) is 1. The number of nitrogens with two attached hydrogens (primary N) is 1. The van der Waals surface area contributed by atoms with E-state index in [1.54, 1.807) is 19.1 Å². The third-order valence-electron chi connectivity index (χ3n) is 2.56. The van der Waals surface area contributed by atoms with E-state index in [0.717, 1.165) is 22.2 Å². The van der Waals surface area contributed by atoms with Crippen LogP contribution in [0.25, 0.3) is 0 Å². The van der Waals surface area contributed by atoms with Crippen LogP contribution in [-0.4, -0.2) is 38.1 Å². The van der Waals surface area contributed by atoms with Crippen molar-refractivity contribution in [2.45, 2.75) is 6.42 Å². The van der Waals surface area contributed by atoms with Crippen molar-refractivity contribution in [3.8, 4) is 5.75 Å². The van der Waals surface area contributed by atoms with Crippen LogP contribution in [0.4, 0.5) is 0 Å². The van der Waals surface area contributed by atoms with Gasteiger partial charge in [0.1, 0.15) is 5.75 Å². The van der Waals surface area contributed by atoms with Gasteiger partial charge in [-0.2, -0.15) is 0 Å². The number of halogens is 1. The van der Waals surface area contributed by atoms with Gasteiger partial charge in [-0.25, -0.2) is 0 Å². The molecule has 0 radical (unpaired) electrons. The Morgan fingerprint density at radius 3 is 2.82 bits per heavy atom. The molecule has 0 aliphatic heterocycles. The average molecular weight is 301 g/mol. The lowest BCUT2D eigenvalue weighted by atomic mass is 10.1. The molecule has 0 spiro atoms. The summed E-state index contributed by atoms with van der Waals surface area (Å²) >= 11 is 3.42. The van der Waals surface area contributed by atoms with Gasteiger partial charge in [-0.1, -0.05) is 15.9 Å². The molecular formula is C12H17BrN2O2. The molecule has 0 saturated carbocycles. The van der Waals surface area contributed by atoms with Crippen molar-refractivity contribution >= 4 is 21.8 Å². The Bertz CT molecular complexity index is 396. The first-order chi connectivity index (χ1) is 8.08. The van der Waals surface area contributed by atoms with E-state index in [1.165, 1.54) is 0 Å². The predicted molar refractivity (Wildman–Crippen MR) is 71.1 cm³/mol. The van der Waals surface area contributed by atoms with Gasteiger partial charge in [0.25, 0.3) is 0 Å². The largest absolute Gasteiger partial charge is 0.496 e.